The third kappa shape index (κ3) is 2.69. The molecular weight excluding hydrogens is 264 g/mol. The van der Waals surface area contributed by atoms with Crippen molar-refractivity contribution in [3.8, 4) is 5.75 Å². The highest BCUT2D eigenvalue weighted by molar-refractivity contribution is 6.32. The van der Waals surface area contributed by atoms with E-state index in [4.69, 9.17) is 11.6 Å². The second-order valence-corrected chi connectivity index (χ2v) is 4.58. The summed E-state index contributed by atoms with van der Waals surface area (Å²) in [7, 11) is 0. The molecule has 19 heavy (non-hydrogen) atoms. The number of carbonyl (C=O) groups is 1. The maximum absolute atomic E-state index is 12.1. The van der Waals surface area contributed by atoms with Gasteiger partial charge in [-0.2, -0.15) is 0 Å². The Labute approximate surface area is 116 Å². The van der Waals surface area contributed by atoms with Crippen molar-refractivity contribution in [3.63, 3.8) is 0 Å². The number of aryl methyl sites for hydroxylation is 2. The second-order valence-electron chi connectivity index (χ2n) is 4.22. The van der Waals surface area contributed by atoms with Crippen LogP contribution >= 0.6 is 11.6 Å². The smallest absolute Gasteiger partial charge is 0.259 e. The van der Waals surface area contributed by atoms with Crippen molar-refractivity contribution in [1.82, 2.24) is 4.98 Å². The molecule has 1 aromatic heterocycles. The molecule has 4 nitrogen and oxygen atoms in total. The summed E-state index contributed by atoms with van der Waals surface area (Å²) in [6.45, 7) is 3.55. The van der Waals surface area contributed by atoms with Gasteiger partial charge in [-0.05, 0) is 37.1 Å². The number of phenolic OH excluding ortho intramolecular Hbond substituents is 1. The number of pyridine rings is 1. The van der Waals surface area contributed by atoms with E-state index in [1.807, 2.05) is 6.92 Å². The van der Waals surface area contributed by atoms with Crippen LogP contribution in [0.1, 0.15) is 21.5 Å². The molecule has 2 aromatic rings. The van der Waals surface area contributed by atoms with Crippen LogP contribution in [-0.2, 0) is 0 Å². The number of phenols is 1. The van der Waals surface area contributed by atoms with E-state index in [-0.39, 0.29) is 16.5 Å². The maximum Gasteiger partial charge on any atom is 0.259 e. The maximum atomic E-state index is 12.1. The van der Waals surface area contributed by atoms with Crippen LogP contribution in [0.25, 0.3) is 0 Å². The molecule has 0 aliphatic rings. The predicted molar refractivity (Wildman–Crippen MR) is 74.8 cm³/mol. The molecule has 1 aromatic carbocycles. The van der Waals surface area contributed by atoms with Crippen molar-refractivity contribution >= 4 is 23.2 Å². The number of rotatable bonds is 2. The molecule has 98 valence electrons. The van der Waals surface area contributed by atoms with Crippen LogP contribution < -0.4 is 5.32 Å². The Bertz CT molecular complexity index is 621. The average Bonchev–Trinajstić information content (AvgIpc) is 2.37. The fourth-order valence-electron chi connectivity index (χ4n) is 1.70. The standard InChI is InChI=1S/C14H13ClN2O2/c1-8-6-7-16-13(15)11(8)17-14(19)10-5-3-4-9(2)12(10)18/h3-7,18H,1-2H3,(H,17,19). The Balaban J connectivity index is 2.34. The molecule has 0 aliphatic heterocycles. The van der Waals surface area contributed by atoms with Gasteiger partial charge in [-0.3, -0.25) is 4.79 Å². The van der Waals surface area contributed by atoms with Crippen LogP contribution in [0.3, 0.4) is 0 Å². The van der Waals surface area contributed by atoms with Gasteiger partial charge >= 0.3 is 0 Å². The minimum atomic E-state index is -0.417. The lowest BCUT2D eigenvalue weighted by Crippen LogP contribution is -2.14. The molecule has 2 N–H and O–H groups in total. The van der Waals surface area contributed by atoms with Gasteiger partial charge in [0.05, 0.1) is 11.3 Å². The van der Waals surface area contributed by atoms with E-state index in [0.29, 0.717) is 11.3 Å². The summed E-state index contributed by atoms with van der Waals surface area (Å²) in [5.41, 5.74) is 2.11. The van der Waals surface area contributed by atoms with Crippen LogP contribution in [0.2, 0.25) is 5.15 Å². The third-order valence-electron chi connectivity index (χ3n) is 2.83. The van der Waals surface area contributed by atoms with Crippen LogP contribution in [0.4, 0.5) is 5.69 Å². The highest BCUT2D eigenvalue weighted by Gasteiger charge is 2.15. The SMILES string of the molecule is Cc1cccc(C(=O)Nc2c(C)ccnc2Cl)c1O. The predicted octanol–water partition coefficient (Wildman–Crippen LogP) is 3.31. The summed E-state index contributed by atoms with van der Waals surface area (Å²) in [4.78, 5) is 16.0. The van der Waals surface area contributed by atoms with E-state index >= 15 is 0 Å². The Morgan fingerprint density at radius 1 is 1.26 bits per heavy atom. The van der Waals surface area contributed by atoms with Gasteiger partial charge in [-0.15, -0.1) is 0 Å². The molecule has 1 amide bonds. The van der Waals surface area contributed by atoms with E-state index in [9.17, 15) is 9.90 Å². The number of hydrogen-bond donors (Lipinski definition) is 2. The summed E-state index contributed by atoms with van der Waals surface area (Å²) in [6.07, 6.45) is 1.57. The molecule has 0 saturated heterocycles. The van der Waals surface area contributed by atoms with Crippen molar-refractivity contribution in [2.75, 3.05) is 5.32 Å². The zero-order chi connectivity index (χ0) is 14.0. The summed E-state index contributed by atoms with van der Waals surface area (Å²) in [5, 5.41) is 12.8. The zero-order valence-electron chi connectivity index (χ0n) is 10.6. The van der Waals surface area contributed by atoms with Gasteiger partial charge in [-0.25, -0.2) is 4.98 Å². The van der Waals surface area contributed by atoms with Crippen LogP contribution in [-0.4, -0.2) is 16.0 Å². The van der Waals surface area contributed by atoms with Crippen molar-refractivity contribution < 1.29 is 9.90 Å². The number of carbonyl (C=O) groups excluding carboxylic acids is 1. The van der Waals surface area contributed by atoms with Gasteiger partial charge < -0.3 is 10.4 Å². The first kappa shape index (κ1) is 13.4. The first-order chi connectivity index (χ1) is 9.00. The lowest BCUT2D eigenvalue weighted by atomic mass is 10.1. The molecule has 0 unspecified atom stereocenters. The molecule has 2 rings (SSSR count). The van der Waals surface area contributed by atoms with Gasteiger partial charge in [0.2, 0.25) is 0 Å². The van der Waals surface area contributed by atoms with E-state index in [2.05, 4.69) is 10.3 Å². The highest BCUT2D eigenvalue weighted by Crippen LogP contribution is 2.26. The van der Waals surface area contributed by atoms with Crippen LogP contribution in [0.15, 0.2) is 30.5 Å². The van der Waals surface area contributed by atoms with E-state index in [1.54, 1.807) is 37.4 Å². The monoisotopic (exact) mass is 276 g/mol. The summed E-state index contributed by atoms with van der Waals surface area (Å²) in [6, 6.07) is 6.74. The number of nitrogens with one attached hydrogen (secondary N) is 1. The zero-order valence-corrected chi connectivity index (χ0v) is 11.3. The van der Waals surface area contributed by atoms with Gasteiger partial charge in [0.1, 0.15) is 5.75 Å². The number of aromatic nitrogens is 1. The second kappa shape index (κ2) is 5.28. The minimum absolute atomic E-state index is 0.0299. The van der Waals surface area contributed by atoms with Crippen molar-refractivity contribution in [1.29, 1.82) is 0 Å². The Morgan fingerprint density at radius 3 is 2.68 bits per heavy atom. The van der Waals surface area contributed by atoms with Gasteiger partial charge in [0.15, 0.2) is 5.15 Å². The van der Waals surface area contributed by atoms with E-state index in [0.717, 1.165) is 5.56 Å². The van der Waals surface area contributed by atoms with Crippen molar-refractivity contribution in [3.05, 3.63) is 52.3 Å². The van der Waals surface area contributed by atoms with Crippen molar-refractivity contribution in [2.45, 2.75) is 13.8 Å². The summed E-state index contributed by atoms with van der Waals surface area (Å²) in [5.74, 6) is -0.447. The number of aromatic hydroxyl groups is 1. The number of hydrogen-bond acceptors (Lipinski definition) is 3. The van der Waals surface area contributed by atoms with E-state index < -0.39 is 5.91 Å². The minimum Gasteiger partial charge on any atom is -0.507 e. The van der Waals surface area contributed by atoms with Crippen molar-refractivity contribution in [2.24, 2.45) is 0 Å². The first-order valence-corrected chi connectivity index (χ1v) is 6.09. The molecule has 1 heterocycles. The molecule has 0 atom stereocenters. The van der Waals surface area contributed by atoms with Gasteiger partial charge in [0, 0.05) is 6.20 Å². The summed E-state index contributed by atoms with van der Waals surface area (Å²) >= 11 is 5.94. The molecule has 0 saturated carbocycles. The highest BCUT2D eigenvalue weighted by atomic mass is 35.5. The number of benzene rings is 1. The number of halogens is 1. The topological polar surface area (TPSA) is 62.2 Å². The number of anilines is 1. The average molecular weight is 277 g/mol. The first-order valence-electron chi connectivity index (χ1n) is 5.71. The lowest BCUT2D eigenvalue weighted by molar-refractivity contribution is 0.102. The largest absolute Gasteiger partial charge is 0.507 e. The molecule has 0 bridgehead atoms. The molecule has 0 fully saturated rings. The summed E-state index contributed by atoms with van der Waals surface area (Å²) < 4.78 is 0. The molecule has 5 heteroatoms. The normalized spacial score (nSPS) is 10.3. The fraction of sp³-hybridized carbons (Fsp3) is 0.143. The Hall–Kier alpha value is -2.07. The molecule has 0 spiro atoms. The van der Waals surface area contributed by atoms with E-state index in [1.165, 1.54) is 0 Å². The number of amides is 1. The van der Waals surface area contributed by atoms with Gasteiger partial charge in [0.25, 0.3) is 5.91 Å². The Kier molecular flexibility index (Phi) is 3.71. The number of para-hydroxylation sites is 1. The lowest BCUT2D eigenvalue weighted by Gasteiger charge is -2.11. The quantitative estimate of drug-likeness (QED) is 0.827. The molecular formula is C14H13ClN2O2. The fourth-order valence-corrected chi connectivity index (χ4v) is 1.95. The molecule has 0 aliphatic carbocycles. The number of nitrogens with zero attached hydrogens (tertiary/aromatic N) is 1. The van der Waals surface area contributed by atoms with Crippen LogP contribution in [0, 0.1) is 13.8 Å². The Morgan fingerprint density at radius 2 is 2.00 bits per heavy atom. The van der Waals surface area contributed by atoms with Gasteiger partial charge in [-0.1, -0.05) is 23.7 Å². The third-order valence-corrected chi connectivity index (χ3v) is 3.12. The molecule has 0 radical (unpaired) electrons. The van der Waals surface area contributed by atoms with Crippen LogP contribution in [0.5, 0.6) is 5.75 Å².